The average Bonchev–Trinajstić information content (AvgIpc) is 2.47. The van der Waals surface area contributed by atoms with E-state index in [9.17, 15) is 13.2 Å². The second-order valence-corrected chi connectivity index (χ2v) is 5.31. The Bertz CT molecular complexity index is 560. The number of benzene rings is 1. The summed E-state index contributed by atoms with van der Waals surface area (Å²) in [5.41, 5.74) is 0.711. The summed E-state index contributed by atoms with van der Waals surface area (Å²) < 4.78 is 40.6. The van der Waals surface area contributed by atoms with Crippen LogP contribution >= 0.6 is 36.4 Å². The van der Waals surface area contributed by atoms with Gasteiger partial charge in [-0.1, -0.05) is 17.7 Å². The van der Waals surface area contributed by atoms with Crippen molar-refractivity contribution in [1.29, 1.82) is 5.26 Å². The van der Waals surface area contributed by atoms with Gasteiger partial charge in [-0.3, -0.25) is 4.90 Å². The second-order valence-electron chi connectivity index (χ2n) is 4.90. The quantitative estimate of drug-likeness (QED) is 0.823. The van der Waals surface area contributed by atoms with Gasteiger partial charge in [0.25, 0.3) is 0 Å². The Hall–Kier alpha value is -0.910. The molecule has 0 aromatic heterocycles. The van der Waals surface area contributed by atoms with E-state index < -0.39 is 12.1 Å². The van der Waals surface area contributed by atoms with Gasteiger partial charge < -0.3 is 10.1 Å². The largest absolute Gasteiger partial charge is 0.573 e. The zero-order valence-electron chi connectivity index (χ0n) is 12.5. The van der Waals surface area contributed by atoms with Crippen LogP contribution in [0.5, 0.6) is 5.75 Å². The molecule has 4 nitrogen and oxygen atoms in total. The van der Waals surface area contributed by atoms with Crippen LogP contribution in [0, 0.1) is 11.3 Å². The molecule has 0 amide bonds. The predicted molar refractivity (Wildman–Crippen MR) is 90.0 cm³/mol. The molecule has 136 valence electrons. The maximum atomic E-state index is 12.3. The maximum absolute atomic E-state index is 12.3. The standard InChI is InChI=1S/C14H15ClF3N3O.2ClH/c15-11-9-10(1-2-13(11)22-14(16,17)18)12(3-4-19)21-7-5-20-6-8-21;;/h1-2,9,12,20H,3,5-8H2;2*1H/t12-;;/m0../s1. The van der Waals surface area contributed by atoms with Crippen molar-refractivity contribution in [2.45, 2.75) is 18.8 Å². The third-order valence-electron chi connectivity index (χ3n) is 3.44. The summed E-state index contributed by atoms with van der Waals surface area (Å²) in [5, 5.41) is 12.1. The molecule has 1 aromatic carbocycles. The summed E-state index contributed by atoms with van der Waals surface area (Å²) in [6, 6.07) is 6.08. The van der Waals surface area contributed by atoms with Gasteiger partial charge in [0.15, 0.2) is 0 Å². The summed E-state index contributed by atoms with van der Waals surface area (Å²) in [4.78, 5) is 2.12. The lowest BCUT2D eigenvalue weighted by atomic mass is 10.0. The zero-order valence-corrected chi connectivity index (χ0v) is 14.9. The smallest absolute Gasteiger partial charge is 0.404 e. The van der Waals surface area contributed by atoms with Gasteiger partial charge in [-0.2, -0.15) is 5.26 Å². The highest BCUT2D eigenvalue weighted by atomic mass is 35.5. The van der Waals surface area contributed by atoms with Crippen molar-refractivity contribution >= 4 is 36.4 Å². The van der Waals surface area contributed by atoms with Crippen molar-refractivity contribution < 1.29 is 17.9 Å². The van der Waals surface area contributed by atoms with E-state index in [-0.39, 0.29) is 42.3 Å². The van der Waals surface area contributed by atoms with E-state index in [2.05, 4.69) is 21.0 Å². The van der Waals surface area contributed by atoms with Gasteiger partial charge in [0.05, 0.1) is 17.5 Å². The summed E-state index contributed by atoms with van der Waals surface area (Å²) in [7, 11) is 0. The maximum Gasteiger partial charge on any atom is 0.573 e. The van der Waals surface area contributed by atoms with Gasteiger partial charge in [0.1, 0.15) is 5.75 Å². The van der Waals surface area contributed by atoms with E-state index in [4.69, 9.17) is 16.9 Å². The lowest BCUT2D eigenvalue weighted by Crippen LogP contribution is -2.45. The molecule has 1 saturated heterocycles. The molecule has 2 rings (SSSR count). The Morgan fingerprint density at radius 2 is 1.92 bits per heavy atom. The van der Waals surface area contributed by atoms with Crippen molar-refractivity contribution in [3.05, 3.63) is 28.8 Å². The predicted octanol–water partition coefficient (Wildman–Crippen LogP) is 3.94. The van der Waals surface area contributed by atoms with Gasteiger partial charge in [0.2, 0.25) is 0 Å². The topological polar surface area (TPSA) is 48.3 Å². The minimum atomic E-state index is -4.78. The molecule has 0 spiro atoms. The summed E-state index contributed by atoms with van der Waals surface area (Å²) in [5.74, 6) is -0.436. The van der Waals surface area contributed by atoms with E-state index in [1.54, 1.807) is 0 Å². The molecule has 0 unspecified atom stereocenters. The lowest BCUT2D eigenvalue weighted by Gasteiger charge is -2.34. The third kappa shape index (κ3) is 6.54. The van der Waals surface area contributed by atoms with Crippen molar-refractivity contribution in [3.8, 4) is 11.8 Å². The lowest BCUT2D eigenvalue weighted by molar-refractivity contribution is -0.274. The fourth-order valence-corrected chi connectivity index (χ4v) is 2.70. The summed E-state index contributed by atoms with van der Waals surface area (Å²) >= 11 is 5.88. The first-order chi connectivity index (χ1) is 10.4. The van der Waals surface area contributed by atoms with Gasteiger partial charge in [-0.25, -0.2) is 0 Å². The Morgan fingerprint density at radius 3 is 2.42 bits per heavy atom. The van der Waals surface area contributed by atoms with Crippen LogP contribution in [0.25, 0.3) is 0 Å². The Kier molecular flexibility index (Phi) is 9.78. The third-order valence-corrected chi connectivity index (χ3v) is 3.74. The number of hydrogen-bond donors (Lipinski definition) is 1. The zero-order chi connectivity index (χ0) is 16.2. The number of nitrogens with one attached hydrogen (secondary N) is 1. The van der Waals surface area contributed by atoms with Crippen LogP contribution in [0.2, 0.25) is 5.02 Å². The molecule has 0 saturated carbocycles. The molecule has 1 heterocycles. The minimum Gasteiger partial charge on any atom is -0.404 e. The highest BCUT2D eigenvalue weighted by Gasteiger charge is 2.32. The van der Waals surface area contributed by atoms with Crippen molar-refractivity contribution in [2.75, 3.05) is 26.2 Å². The first kappa shape index (κ1) is 23.1. The molecular weight excluding hydrogens is 390 g/mol. The fraction of sp³-hybridized carbons (Fsp3) is 0.500. The molecule has 1 aliphatic heterocycles. The SMILES string of the molecule is Cl.Cl.N#CC[C@@H](c1ccc(OC(F)(F)F)c(Cl)c1)N1CCNCC1. The molecule has 10 heteroatoms. The van der Waals surface area contributed by atoms with Gasteiger partial charge >= 0.3 is 6.36 Å². The van der Waals surface area contributed by atoms with Crippen LogP contribution in [-0.4, -0.2) is 37.4 Å². The Labute approximate surface area is 155 Å². The summed E-state index contributed by atoms with van der Waals surface area (Å²) in [6.45, 7) is 3.16. The number of hydrogen-bond acceptors (Lipinski definition) is 4. The van der Waals surface area contributed by atoms with Crippen LogP contribution in [0.4, 0.5) is 13.2 Å². The molecule has 1 aromatic rings. The first-order valence-electron chi connectivity index (χ1n) is 6.77. The first-order valence-corrected chi connectivity index (χ1v) is 7.15. The molecule has 1 atom stereocenters. The molecule has 0 radical (unpaired) electrons. The van der Waals surface area contributed by atoms with E-state index in [1.807, 2.05) is 0 Å². The minimum absolute atomic E-state index is 0. The van der Waals surface area contributed by atoms with Crippen LogP contribution in [0.15, 0.2) is 18.2 Å². The highest BCUT2D eigenvalue weighted by molar-refractivity contribution is 6.32. The normalized spacial score (nSPS) is 16.3. The van der Waals surface area contributed by atoms with Crippen LogP contribution in [0.1, 0.15) is 18.0 Å². The molecule has 24 heavy (non-hydrogen) atoms. The molecule has 1 N–H and O–H groups in total. The molecule has 0 aliphatic carbocycles. The van der Waals surface area contributed by atoms with Crippen LogP contribution in [-0.2, 0) is 0 Å². The molecular formula is C14H17Cl3F3N3O. The number of nitrogens with zero attached hydrogens (tertiary/aromatic N) is 2. The Morgan fingerprint density at radius 1 is 1.29 bits per heavy atom. The van der Waals surface area contributed by atoms with E-state index in [0.29, 0.717) is 5.56 Å². The van der Waals surface area contributed by atoms with Crippen LogP contribution in [0.3, 0.4) is 0 Å². The van der Waals surface area contributed by atoms with Crippen molar-refractivity contribution in [3.63, 3.8) is 0 Å². The highest BCUT2D eigenvalue weighted by Crippen LogP contribution is 2.34. The number of alkyl halides is 3. The molecule has 0 bridgehead atoms. The molecule has 1 fully saturated rings. The van der Waals surface area contributed by atoms with Crippen molar-refractivity contribution in [2.24, 2.45) is 0 Å². The monoisotopic (exact) mass is 405 g/mol. The number of ether oxygens (including phenoxy) is 1. The van der Waals surface area contributed by atoms with E-state index in [0.717, 1.165) is 26.2 Å². The fourth-order valence-electron chi connectivity index (χ4n) is 2.47. The average molecular weight is 407 g/mol. The van der Waals surface area contributed by atoms with Gasteiger partial charge in [0, 0.05) is 32.2 Å². The van der Waals surface area contributed by atoms with Crippen LogP contribution < -0.4 is 10.1 Å². The number of piperazine rings is 1. The van der Waals surface area contributed by atoms with E-state index >= 15 is 0 Å². The second kappa shape index (κ2) is 10.2. The number of rotatable bonds is 4. The number of nitriles is 1. The van der Waals surface area contributed by atoms with Crippen molar-refractivity contribution in [1.82, 2.24) is 10.2 Å². The Balaban J connectivity index is 0.00000264. The summed E-state index contributed by atoms with van der Waals surface area (Å²) in [6.07, 6.45) is -4.54. The molecule has 1 aliphatic rings. The van der Waals surface area contributed by atoms with Gasteiger partial charge in [-0.05, 0) is 17.7 Å². The number of halogens is 6. The van der Waals surface area contributed by atoms with E-state index in [1.165, 1.54) is 18.2 Å². The van der Waals surface area contributed by atoms with Gasteiger partial charge in [-0.15, -0.1) is 38.0 Å².